The van der Waals surface area contributed by atoms with Gasteiger partial charge in [0, 0.05) is 38.5 Å². The molecule has 0 radical (unpaired) electrons. The highest BCUT2D eigenvalue weighted by molar-refractivity contribution is 5.87. The van der Waals surface area contributed by atoms with Crippen molar-refractivity contribution >= 4 is 24.0 Å². The van der Waals surface area contributed by atoms with E-state index in [9.17, 15) is 9.59 Å². The number of carbonyl (C=O) groups is 2. The number of amides is 1. The van der Waals surface area contributed by atoms with Crippen molar-refractivity contribution < 1.29 is 19.1 Å². The molecule has 1 aliphatic heterocycles. The Kier molecular flexibility index (Phi) is 6.60. The van der Waals surface area contributed by atoms with Crippen molar-refractivity contribution in [2.24, 2.45) is 0 Å². The van der Waals surface area contributed by atoms with Crippen molar-refractivity contribution in [2.75, 3.05) is 37.7 Å². The third kappa shape index (κ3) is 6.06. The van der Waals surface area contributed by atoms with Gasteiger partial charge in [0.25, 0.3) is 0 Å². The molecule has 26 heavy (non-hydrogen) atoms. The van der Waals surface area contributed by atoms with Crippen LogP contribution in [0.1, 0.15) is 33.3 Å². The first-order valence-electron chi connectivity index (χ1n) is 8.82. The molecule has 0 bridgehead atoms. The van der Waals surface area contributed by atoms with E-state index in [0.29, 0.717) is 32.8 Å². The maximum absolute atomic E-state index is 12.1. The van der Waals surface area contributed by atoms with E-state index in [4.69, 9.17) is 9.47 Å². The van der Waals surface area contributed by atoms with Gasteiger partial charge >= 0.3 is 12.1 Å². The number of anilines is 1. The Labute approximate surface area is 154 Å². The van der Waals surface area contributed by atoms with E-state index < -0.39 is 5.60 Å². The zero-order valence-corrected chi connectivity index (χ0v) is 15.9. The molecule has 1 saturated heterocycles. The van der Waals surface area contributed by atoms with E-state index in [-0.39, 0.29) is 12.1 Å². The first-order valence-corrected chi connectivity index (χ1v) is 8.82. The normalized spacial score (nSPS) is 15.2. The Morgan fingerprint density at radius 2 is 1.88 bits per heavy atom. The van der Waals surface area contributed by atoms with Crippen molar-refractivity contribution in [2.45, 2.75) is 33.3 Å². The lowest BCUT2D eigenvalue weighted by Gasteiger charge is -2.36. The summed E-state index contributed by atoms with van der Waals surface area (Å²) in [6.07, 6.45) is 4.50. The van der Waals surface area contributed by atoms with E-state index in [1.54, 1.807) is 24.1 Å². The number of aromatic nitrogens is 1. The second kappa shape index (κ2) is 8.69. The van der Waals surface area contributed by atoms with Crippen molar-refractivity contribution in [3.8, 4) is 0 Å². The van der Waals surface area contributed by atoms with Crippen molar-refractivity contribution in [1.82, 2.24) is 9.88 Å². The number of ether oxygens (including phenoxy) is 2. The van der Waals surface area contributed by atoms with Crippen LogP contribution in [0.5, 0.6) is 0 Å². The summed E-state index contributed by atoms with van der Waals surface area (Å²) in [5, 5.41) is 0. The van der Waals surface area contributed by atoms with E-state index >= 15 is 0 Å². The highest BCUT2D eigenvalue weighted by Crippen LogP contribution is 2.16. The topological polar surface area (TPSA) is 72.0 Å². The van der Waals surface area contributed by atoms with E-state index in [1.807, 2.05) is 32.9 Å². The molecule has 0 N–H and O–H groups in total. The summed E-state index contributed by atoms with van der Waals surface area (Å²) in [5.74, 6) is 0.483. The second-order valence-corrected chi connectivity index (χ2v) is 6.99. The number of piperazine rings is 1. The Balaban J connectivity index is 1.87. The summed E-state index contributed by atoms with van der Waals surface area (Å²) in [5.41, 5.74) is 0.344. The quantitative estimate of drug-likeness (QED) is 0.606. The molecule has 2 heterocycles. The van der Waals surface area contributed by atoms with E-state index in [0.717, 1.165) is 11.4 Å². The largest absolute Gasteiger partial charge is 0.463 e. The molecular formula is C19H27N3O4. The molecule has 142 valence electrons. The van der Waals surface area contributed by atoms with Crippen LogP contribution in [0.2, 0.25) is 0 Å². The predicted molar refractivity (Wildman–Crippen MR) is 99.9 cm³/mol. The minimum absolute atomic E-state index is 0.274. The minimum Gasteiger partial charge on any atom is -0.463 e. The lowest BCUT2D eigenvalue weighted by molar-refractivity contribution is -0.137. The first kappa shape index (κ1) is 19.8. The SMILES string of the molecule is CCOC(=O)/C=C/c1ccc(N2CCN(C(=O)OC(C)(C)C)CC2)nc1. The lowest BCUT2D eigenvalue weighted by Crippen LogP contribution is -2.50. The predicted octanol–water partition coefficient (Wildman–Crippen LogP) is 2.72. The molecule has 1 fully saturated rings. The number of hydrogen-bond donors (Lipinski definition) is 0. The monoisotopic (exact) mass is 361 g/mol. The molecule has 1 aliphatic rings. The van der Waals surface area contributed by atoms with Crippen molar-refractivity contribution in [1.29, 1.82) is 0 Å². The number of nitrogens with zero attached hydrogens (tertiary/aromatic N) is 3. The Morgan fingerprint density at radius 1 is 1.19 bits per heavy atom. The van der Waals surface area contributed by atoms with E-state index in [2.05, 4.69) is 9.88 Å². The first-order chi connectivity index (χ1) is 12.3. The molecule has 0 aliphatic carbocycles. The molecule has 2 rings (SSSR count). The maximum Gasteiger partial charge on any atom is 0.410 e. The van der Waals surface area contributed by atoms with Gasteiger partial charge in [-0.3, -0.25) is 0 Å². The standard InChI is InChI=1S/C19H27N3O4/c1-5-25-17(23)9-7-15-6-8-16(20-14-15)21-10-12-22(13-11-21)18(24)26-19(2,3)4/h6-9,14H,5,10-13H2,1-4H3/b9-7+. The zero-order valence-electron chi connectivity index (χ0n) is 15.9. The van der Waals surface area contributed by atoms with Crippen LogP contribution in [-0.2, 0) is 14.3 Å². The summed E-state index contributed by atoms with van der Waals surface area (Å²) in [6, 6.07) is 3.81. The summed E-state index contributed by atoms with van der Waals surface area (Å²) < 4.78 is 10.3. The molecule has 0 aromatic carbocycles. The van der Waals surface area contributed by atoms with Gasteiger partial charge in [0.1, 0.15) is 11.4 Å². The van der Waals surface area contributed by atoms with Gasteiger partial charge in [-0.15, -0.1) is 0 Å². The van der Waals surface area contributed by atoms with Gasteiger partial charge in [0.2, 0.25) is 0 Å². The molecule has 0 spiro atoms. The fraction of sp³-hybridized carbons (Fsp3) is 0.526. The number of carbonyl (C=O) groups excluding carboxylic acids is 2. The Bertz CT molecular complexity index is 642. The highest BCUT2D eigenvalue weighted by atomic mass is 16.6. The summed E-state index contributed by atoms with van der Waals surface area (Å²) in [4.78, 5) is 31.7. The molecule has 0 atom stereocenters. The molecule has 7 nitrogen and oxygen atoms in total. The van der Waals surface area contributed by atoms with Crippen LogP contribution in [0, 0.1) is 0 Å². The van der Waals surface area contributed by atoms with Gasteiger partial charge in [-0.1, -0.05) is 0 Å². The number of pyridine rings is 1. The van der Waals surface area contributed by atoms with Gasteiger partial charge in [0.15, 0.2) is 0 Å². The molecule has 7 heteroatoms. The van der Waals surface area contributed by atoms with Crippen LogP contribution in [0.3, 0.4) is 0 Å². The molecule has 1 amide bonds. The third-order valence-electron chi connectivity index (χ3n) is 3.72. The smallest absolute Gasteiger partial charge is 0.410 e. The Hall–Kier alpha value is -2.57. The molecule has 0 saturated carbocycles. The van der Waals surface area contributed by atoms with Crippen LogP contribution in [0.15, 0.2) is 24.4 Å². The van der Waals surface area contributed by atoms with Crippen LogP contribution >= 0.6 is 0 Å². The fourth-order valence-corrected chi connectivity index (χ4v) is 2.48. The maximum atomic E-state index is 12.1. The molecule has 0 unspecified atom stereocenters. The molecule has 1 aromatic heterocycles. The number of esters is 1. The van der Waals surface area contributed by atoms with Gasteiger partial charge in [-0.05, 0) is 51.5 Å². The minimum atomic E-state index is -0.483. The summed E-state index contributed by atoms with van der Waals surface area (Å²) in [7, 11) is 0. The van der Waals surface area contributed by atoms with Gasteiger partial charge < -0.3 is 19.3 Å². The fourth-order valence-electron chi connectivity index (χ4n) is 2.48. The summed E-state index contributed by atoms with van der Waals surface area (Å²) >= 11 is 0. The second-order valence-electron chi connectivity index (χ2n) is 6.99. The van der Waals surface area contributed by atoms with Gasteiger partial charge in [-0.25, -0.2) is 14.6 Å². The Morgan fingerprint density at radius 3 is 2.42 bits per heavy atom. The number of hydrogen-bond acceptors (Lipinski definition) is 6. The van der Waals surface area contributed by atoms with Gasteiger partial charge in [-0.2, -0.15) is 0 Å². The molecule has 1 aromatic rings. The zero-order chi connectivity index (χ0) is 19.2. The third-order valence-corrected chi connectivity index (χ3v) is 3.72. The van der Waals surface area contributed by atoms with E-state index in [1.165, 1.54) is 6.08 Å². The highest BCUT2D eigenvalue weighted by Gasteiger charge is 2.26. The lowest BCUT2D eigenvalue weighted by atomic mass is 10.2. The van der Waals surface area contributed by atoms with Crippen LogP contribution < -0.4 is 4.90 Å². The summed E-state index contributed by atoms with van der Waals surface area (Å²) in [6.45, 7) is 10.3. The van der Waals surface area contributed by atoms with Crippen molar-refractivity contribution in [3.63, 3.8) is 0 Å². The van der Waals surface area contributed by atoms with Crippen LogP contribution in [0.25, 0.3) is 6.08 Å². The number of rotatable bonds is 4. The van der Waals surface area contributed by atoms with Crippen molar-refractivity contribution in [3.05, 3.63) is 30.0 Å². The molecular weight excluding hydrogens is 334 g/mol. The average Bonchev–Trinajstić information content (AvgIpc) is 2.59. The van der Waals surface area contributed by atoms with Gasteiger partial charge in [0.05, 0.1) is 6.61 Å². The van der Waals surface area contributed by atoms with Crippen LogP contribution in [-0.4, -0.2) is 60.3 Å². The average molecular weight is 361 g/mol. The van der Waals surface area contributed by atoms with Crippen LogP contribution in [0.4, 0.5) is 10.6 Å².